The van der Waals surface area contributed by atoms with Crippen LogP contribution < -0.4 is 0 Å². The first kappa shape index (κ1) is 12.2. The van der Waals surface area contributed by atoms with Gasteiger partial charge in [-0.2, -0.15) is 0 Å². The van der Waals surface area contributed by atoms with Gasteiger partial charge in [0.1, 0.15) is 5.82 Å². The number of hydrogen-bond acceptors (Lipinski definition) is 2. The predicted molar refractivity (Wildman–Crippen MR) is 64.6 cm³/mol. The Bertz CT molecular complexity index is 396. The number of benzene rings is 1. The van der Waals surface area contributed by atoms with Crippen LogP contribution in [0.15, 0.2) is 29.2 Å². The Morgan fingerprint density at radius 3 is 2.71 bits per heavy atom. The van der Waals surface area contributed by atoms with Crippen molar-refractivity contribution in [3.05, 3.63) is 30.1 Å². The highest BCUT2D eigenvalue weighted by Gasteiger charge is 2.26. The van der Waals surface area contributed by atoms with Crippen molar-refractivity contribution in [3.8, 4) is 0 Å². The summed E-state index contributed by atoms with van der Waals surface area (Å²) in [6, 6.07) is 6.18. The SMILES string of the molecule is O=C(O)N1CCCCC1Sc1ccc(F)cc1. The minimum atomic E-state index is -0.871. The molecule has 1 atom stereocenters. The van der Waals surface area contributed by atoms with Crippen LogP contribution in [0.3, 0.4) is 0 Å². The zero-order valence-electron chi connectivity index (χ0n) is 9.30. The monoisotopic (exact) mass is 255 g/mol. The smallest absolute Gasteiger partial charge is 0.408 e. The van der Waals surface area contributed by atoms with Crippen LogP contribution in [0.4, 0.5) is 9.18 Å². The van der Waals surface area contributed by atoms with Gasteiger partial charge in [0.25, 0.3) is 0 Å². The summed E-state index contributed by atoms with van der Waals surface area (Å²) < 4.78 is 12.8. The van der Waals surface area contributed by atoms with E-state index in [-0.39, 0.29) is 11.2 Å². The number of piperidine rings is 1. The molecule has 1 aromatic rings. The van der Waals surface area contributed by atoms with E-state index >= 15 is 0 Å². The Morgan fingerprint density at radius 2 is 2.06 bits per heavy atom. The molecule has 1 N–H and O–H groups in total. The standard InChI is InChI=1S/C12H14FNO2S/c13-9-4-6-10(7-5-9)17-11-3-1-2-8-14(11)12(15)16/h4-7,11H,1-3,8H2,(H,15,16). The topological polar surface area (TPSA) is 40.5 Å². The van der Waals surface area contributed by atoms with E-state index in [9.17, 15) is 9.18 Å². The molecule has 1 aliphatic heterocycles. The van der Waals surface area contributed by atoms with Crippen LogP contribution in [-0.2, 0) is 0 Å². The molecule has 0 saturated carbocycles. The van der Waals surface area contributed by atoms with E-state index in [0.29, 0.717) is 6.54 Å². The number of thioether (sulfide) groups is 1. The highest BCUT2D eigenvalue weighted by molar-refractivity contribution is 7.99. The quantitative estimate of drug-likeness (QED) is 0.880. The van der Waals surface area contributed by atoms with Gasteiger partial charge in [-0.05, 0) is 43.5 Å². The largest absolute Gasteiger partial charge is 0.465 e. The summed E-state index contributed by atoms with van der Waals surface area (Å²) >= 11 is 1.49. The Balaban J connectivity index is 2.05. The maximum absolute atomic E-state index is 12.8. The van der Waals surface area contributed by atoms with Gasteiger partial charge < -0.3 is 5.11 Å². The van der Waals surface area contributed by atoms with Crippen molar-refractivity contribution >= 4 is 17.9 Å². The maximum atomic E-state index is 12.8. The van der Waals surface area contributed by atoms with Crippen molar-refractivity contribution in [2.75, 3.05) is 6.54 Å². The lowest BCUT2D eigenvalue weighted by Gasteiger charge is -2.32. The molecule has 1 fully saturated rings. The molecule has 5 heteroatoms. The van der Waals surface area contributed by atoms with E-state index in [0.717, 1.165) is 24.2 Å². The number of rotatable bonds is 2. The van der Waals surface area contributed by atoms with Gasteiger partial charge >= 0.3 is 6.09 Å². The number of amides is 1. The van der Waals surface area contributed by atoms with Crippen LogP contribution in [0, 0.1) is 5.82 Å². The summed E-state index contributed by atoms with van der Waals surface area (Å²) in [5.74, 6) is -0.270. The van der Waals surface area contributed by atoms with Crippen molar-refractivity contribution in [1.82, 2.24) is 4.90 Å². The van der Waals surface area contributed by atoms with Crippen LogP contribution in [0.25, 0.3) is 0 Å². The van der Waals surface area contributed by atoms with E-state index < -0.39 is 6.09 Å². The molecule has 2 rings (SSSR count). The van der Waals surface area contributed by atoms with Gasteiger partial charge in [-0.3, -0.25) is 4.90 Å². The normalized spacial score (nSPS) is 20.3. The van der Waals surface area contributed by atoms with Gasteiger partial charge in [-0.1, -0.05) is 0 Å². The molecule has 1 heterocycles. The first-order valence-corrected chi connectivity index (χ1v) is 6.46. The number of carboxylic acid groups (broad SMARTS) is 1. The Kier molecular flexibility index (Phi) is 3.89. The van der Waals surface area contributed by atoms with Gasteiger partial charge in [0.05, 0.1) is 5.37 Å². The molecule has 1 aromatic carbocycles. The fraction of sp³-hybridized carbons (Fsp3) is 0.417. The van der Waals surface area contributed by atoms with Crippen LogP contribution >= 0.6 is 11.8 Å². The van der Waals surface area contributed by atoms with Crippen LogP contribution in [0.2, 0.25) is 0 Å². The van der Waals surface area contributed by atoms with Crippen LogP contribution in [0.5, 0.6) is 0 Å². The lowest BCUT2D eigenvalue weighted by Crippen LogP contribution is -2.40. The van der Waals surface area contributed by atoms with Crippen LogP contribution in [-0.4, -0.2) is 28.0 Å². The van der Waals surface area contributed by atoms with Crippen molar-refractivity contribution in [2.24, 2.45) is 0 Å². The average Bonchev–Trinajstić information content (AvgIpc) is 2.32. The fourth-order valence-corrected chi connectivity index (χ4v) is 3.13. The van der Waals surface area contributed by atoms with Crippen molar-refractivity contribution < 1.29 is 14.3 Å². The van der Waals surface area contributed by atoms with Crippen molar-refractivity contribution in [3.63, 3.8) is 0 Å². The molecule has 1 aliphatic rings. The Labute approximate surface area is 104 Å². The molecule has 3 nitrogen and oxygen atoms in total. The highest BCUT2D eigenvalue weighted by Crippen LogP contribution is 2.32. The average molecular weight is 255 g/mol. The molecule has 0 bridgehead atoms. The van der Waals surface area contributed by atoms with Gasteiger partial charge in [0.2, 0.25) is 0 Å². The molecule has 0 radical (unpaired) electrons. The number of hydrogen-bond donors (Lipinski definition) is 1. The molecule has 0 aliphatic carbocycles. The second-order valence-electron chi connectivity index (χ2n) is 4.00. The maximum Gasteiger partial charge on any atom is 0.408 e. The number of carbonyl (C=O) groups is 1. The Morgan fingerprint density at radius 1 is 1.35 bits per heavy atom. The summed E-state index contributed by atoms with van der Waals surface area (Å²) in [5, 5.41) is 9.03. The zero-order valence-corrected chi connectivity index (χ0v) is 10.1. The van der Waals surface area contributed by atoms with E-state index in [1.807, 2.05) is 0 Å². The molecule has 0 aromatic heterocycles. The van der Waals surface area contributed by atoms with E-state index in [1.165, 1.54) is 28.8 Å². The Hall–Kier alpha value is -1.23. The summed E-state index contributed by atoms with van der Waals surface area (Å²) in [7, 11) is 0. The number of halogens is 1. The van der Waals surface area contributed by atoms with E-state index in [2.05, 4.69) is 0 Å². The van der Waals surface area contributed by atoms with Gasteiger partial charge in [0, 0.05) is 11.4 Å². The molecule has 92 valence electrons. The van der Waals surface area contributed by atoms with Crippen molar-refractivity contribution in [1.29, 1.82) is 0 Å². The third kappa shape index (κ3) is 3.12. The van der Waals surface area contributed by atoms with Gasteiger partial charge in [-0.15, -0.1) is 11.8 Å². The molecule has 17 heavy (non-hydrogen) atoms. The fourth-order valence-electron chi connectivity index (χ4n) is 1.91. The third-order valence-electron chi connectivity index (χ3n) is 2.78. The van der Waals surface area contributed by atoms with Gasteiger partial charge in [0.15, 0.2) is 0 Å². The second-order valence-corrected chi connectivity index (χ2v) is 5.25. The van der Waals surface area contributed by atoms with E-state index in [1.54, 1.807) is 12.1 Å². The molecule has 1 amide bonds. The summed E-state index contributed by atoms with van der Waals surface area (Å²) in [4.78, 5) is 13.4. The summed E-state index contributed by atoms with van der Waals surface area (Å²) in [6.07, 6.45) is 1.95. The molecule has 1 unspecified atom stereocenters. The molecular weight excluding hydrogens is 241 g/mol. The predicted octanol–water partition coefficient (Wildman–Crippen LogP) is 3.41. The minimum Gasteiger partial charge on any atom is -0.465 e. The summed E-state index contributed by atoms with van der Waals surface area (Å²) in [6.45, 7) is 0.591. The zero-order chi connectivity index (χ0) is 12.3. The minimum absolute atomic E-state index is 0.0493. The van der Waals surface area contributed by atoms with Crippen LogP contribution in [0.1, 0.15) is 19.3 Å². The lowest BCUT2D eigenvalue weighted by atomic mass is 10.1. The molecular formula is C12H14FNO2S. The summed E-state index contributed by atoms with van der Waals surface area (Å²) in [5.41, 5.74) is 0. The van der Waals surface area contributed by atoms with Gasteiger partial charge in [-0.25, -0.2) is 9.18 Å². The van der Waals surface area contributed by atoms with E-state index in [4.69, 9.17) is 5.11 Å². The molecule has 1 saturated heterocycles. The first-order valence-electron chi connectivity index (χ1n) is 5.58. The third-order valence-corrected chi connectivity index (χ3v) is 4.09. The first-order chi connectivity index (χ1) is 8.16. The number of nitrogens with zero attached hydrogens (tertiary/aromatic N) is 1. The highest BCUT2D eigenvalue weighted by atomic mass is 32.2. The second kappa shape index (κ2) is 5.40. The van der Waals surface area contributed by atoms with Crippen molar-refractivity contribution in [2.45, 2.75) is 29.5 Å². The number of likely N-dealkylation sites (tertiary alicyclic amines) is 1. The lowest BCUT2D eigenvalue weighted by molar-refractivity contribution is 0.129. The molecule has 0 spiro atoms.